The van der Waals surface area contributed by atoms with Crippen molar-refractivity contribution < 1.29 is 4.39 Å². The van der Waals surface area contributed by atoms with Gasteiger partial charge in [0.05, 0.1) is 9.92 Å². The predicted molar refractivity (Wildman–Crippen MR) is 68.0 cm³/mol. The third kappa shape index (κ3) is 2.53. The van der Waals surface area contributed by atoms with Crippen LogP contribution >= 0.6 is 23.4 Å². The molecule has 0 radical (unpaired) electrons. The summed E-state index contributed by atoms with van der Waals surface area (Å²) in [6, 6.07) is 3.55. The van der Waals surface area contributed by atoms with E-state index < -0.39 is 0 Å². The molecule has 88 valence electrons. The lowest BCUT2D eigenvalue weighted by atomic mass is 9.92. The van der Waals surface area contributed by atoms with Gasteiger partial charge in [-0.25, -0.2) is 4.39 Å². The van der Waals surface area contributed by atoms with Crippen LogP contribution in [0.25, 0.3) is 0 Å². The fourth-order valence-corrected chi connectivity index (χ4v) is 3.10. The van der Waals surface area contributed by atoms with Gasteiger partial charge < -0.3 is 5.32 Å². The van der Waals surface area contributed by atoms with Gasteiger partial charge in [0, 0.05) is 6.54 Å². The predicted octanol–water partition coefficient (Wildman–Crippen LogP) is 3.67. The van der Waals surface area contributed by atoms with Gasteiger partial charge in [-0.1, -0.05) is 11.6 Å². The van der Waals surface area contributed by atoms with E-state index in [1.807, 2.05) is 12.3 Å². The Hall–Kier alpha value is -0.250. The highest BCUT2D eigenvalue weighted by Gasteiger charge is 2.18. The molecule has 1 atom stereocenters. The maximum atomic E-state index is 13.7. The van der Waals surface area contributed by atoms with Crippen molar-refractivity contribution in [1.82, 2.24) is 5.32 Å². The van der Waals surface area contributed by atoms with Crippen LogP contribution in [0.3, 0.4) is 0 Å². The van der Waals surface area contributed by atoms with Gasteiger partial charge in [0.15, 0.2) is 0 Å². The average Bonchev–Trinajstić information content (AvgIpc) is 2.30. The van der Waals surface area contributed by atoms with Crippen LogP contribution in [-0.4, -0.2) is 19.3 Å². The van der Waals surface area contributed by atoms with E-state index in [2.05, 4.69) is 5.32 Å². The zero-order valence-corrected chi connectivity index (χ0v) is 10.8. The summed E-state index contributed by atoms with van der Waals surface area (Å²) in [6.45, 7) is 1.99. The highest BCUT2D eigenvalue weighted by atomic mass is 35.5. The van der Waals surface area contributed by atoms with E-state index in [0.29, 0.717) is 15.8 Å². The van der Waals surface area contributed by atoms with Crippen LogP contribution < -0.4 is 5.32 Å². The molecule has 1 aromatic rings. The van der Waals surface area contributed by atoms with Crippen LogP contribution in [0.15, 0.2) is 17.0 Å². The smallest absolute Gasteiger partial charge is 0.138 e. The number of nitrogens with one attached hydrogen (secondary N) is 1. The standard InChI is InChI=1S/C12H15ClFNS/c1-16-12-10(13)5-9(6-11(12)14)8-3-2-4-15-7-8/h5-6,8,15H,2-4,7H2,1H3. The van der Waals surface area contributed by atoms with Crippen molar-refractivity contribution in [3.63, 3.8) is 0 Å². The van der Waals surface area contributed by atoms with Crippen LogP contribution in [0.5, 0.6) is 0 Å². The second-order valence-electron chi connectivity index (χ2n) is 4.06. The van der Waals surface area contributed by atoms with Crippen molar-refractivity contribution >= 4 is 23.4 Å². The Morgan fingerprint density at radius 3 is 2.88 bits per heavy atom. The second kappa shape index (κ2) is 5.39. The maximum absolute atomic E-state index is 13.7. The third-order valence-corrected chi connectivity index (χ3v) is 4.23. The van der Waals surface area contributed by atoms with E-state index in [4.69, 9.17) is 11.6 Å². The van der Waals surface area contributed by atoms with E-state index in [-0.39, 0.29) is 5.82 Å². The molecule has 0 aliphatic carbocycles. The van der Waals surface area contributed by atoms with Gasteiger partial charge in [0.1, 0.15) is 5.82 Å². The van der Waals surface area contributed by atoms with Gasteiger partial charge in [-0.2, -0.15) is 0 Å². The number of benzene rings is 1. The molecule has 0 saturated carbocycles. The number of thioether (sulfide) groups is 1. The summed E-state index contributed by atoms with van der Waals surface area (Å²) in [5, 5.41) is 3.87. The first-order valence-electron chi connectivity index (χ1n) is 5.46. The number of rotatable bonds is 2. The Bertz CT molecular complexity index is 354. The minimum Gasteiger partial charge on any atom is -0.316 e. The first kappa shape index (κ1) is 12.2. The quantitative estimate of drug-likeness (QED) is 0.814. The van der Waals surface area contributed by atoms with Gasteiger partial charge in [-0.15, -0.1) is 11.8 Å². The molecular weight excluding hydrogens is 245 g/mol. The van der Waals surface area contributed by atoms with Gasteiger partial charge in [-0.05, 0) is 49.3 Å². The van der Waals surface area contributed by atoms with Crippen LogP contribution in [0, 0.1) is 5.82 Å². The topological polar surface area (TPSA) is 12.0 Å². The molecule has 1 unspecified atom stereocenters. The minimum absolute atomic E-state index is 0.194. The molecule has 1 N–H and O–H groups in total. The van der Waals surface area contributed by atoms with Crippen molar-refractivity contribution in [2.24, 2.45) is 0 Å². The molecule has 1 saturated heterocycles. The van der Waals surface area contributed by atoms with Gasteiger partial charge in [0.2, 0.25) is 0 Å². The van der Waals surface area contributed by atoms with Crippen molar-refractivity contribution in [2.75, 3.05) is 19.3 Å². The highest BCUT2D eigenvalue weighted by molar-refractivity contribution is 7.98. The molecular formula is C12H15ClFNS. The summed E-state index contributed by atoms with van der Waals surface area (Å²) in [5.74, 6) is 0.206. The Balaban J connectivity index is 2.28. The van der Waals surface area contributed by atoms with Crippen LogP contribution in [0.4, 0.5) is 4.39 Å². The molecule has 1 aliphatic rings. The normalized spacial score (nSPS) is 21.1. The molecule has 4 heteroatoms. The fourth-order valence-electron chi connectivity index (χ4n) is 2.15. The van der Waals surface area contributed by atoms with Crippen molar-refractivity contribution in [2.45, 2.75) is 23.7 Å². The Morgan fingerprint density at radius 2 is 2.31 bits per heavy atom. The van der Waals surface area contributed by atoms with E-state index in [1.165, 1.54) is 11.8 Å². The Morgan fingerprint density at radius 1 is 1.50 bits per heavy atom. The van der Waals surface area contributed by atoms with E-state index >= 15 is 0 Å². The van der Waals surface area contributed by atoms with Crippen molar-refractivity contribution in [3.8, 4) is 0 Å². The van der Waals surface area contributed by atoms with E-state index in [0.717, 1.165) is 31.5 Å². The van der Waals surface area contributed by atoms with Gasteiger partial charge in [0.25, 0.3) is 0 Å². The fraction of sp³-hybridized carbons (Fsp3) is 0.500. The summed E-state index contributed by atoms with van der Waals surface area (Å²) < 4.78 is 13.7. The SMILES string of the molecule is CSc1c(F)cc(C2CCCNC2)cc1Cl. The molecule has 1 fully saturated rings. The summed E-state index contributed by atoms with van der Waals surface area (Å²) in [5.41, 5.74) is 1.02. The number of hydrogen-bond donors (Lipinski definition) is 1. The molecule has 0 spiro atoms. The number of halogens is 2. The van der Waals surface area contributed by atoms with Crippen molar-refractivity contribution in [1.29, 1.82) is 0 Å². The van der Waals surface area contributed by atoms with Gasteiger partial charge in [-0.3, -0.25) is 0 Å². The summed E-state index contributed by atoms with van der Waals surface area (Å²) in [4.78, 5) is 0.550. The monoisotopic (exact) mass is 259 g/mol. The Labute approximate surface area is 105 Å². The molecule has 0 bridgehead atoms. The van der Waals surface area contributed by atoms with Crippen molar-refractivity contribution in [3.05, 3.63) is 28.5 Å². The zero-order valence-electron chi connectivity index (χ0n) is 9.22. The molecule has 16 heavy (non-hydrogen) atoms. The van der Waals surface area contributed by atoms with Crippen LogP contribution in [-0.2, 0) is 0 Å². The molecule has 1 aromatic carbocycles. The maximum Gasteiger partial charge on any atom is 0.138 e. The van der Waals surface area contributed by atoms with E-state index in [1.54, 1.807) is 6.07 Å². The van der Waals surface area contributed by atoms with E-state index in [9.17, 15) is 4.39 Å². The first-order chi connectivity index (χ1) is 7.72. The molecule has 0 aromatic heterocycles. The molecule has 1 aliphatic heterocycles. The zero-order chi connectivity index (χ0) is 11.5. The van der Waals surface area contributed by atoms with Crippen LogP contribution in [0.2, 0.25) is 5.02 Å². The molecule has 1 nitrogen and oxygen atoms in total. The Kier molecular flexibility index (Phi) is 4.11. The highest BCUT2D eigenvalue weighted by Crippen LogP contribution is 2.33. The number of piperidine rings is 1. The lowest BCUT2D eigenvalue weighted by molar-refractivity contribution is 0.459. The molecule has 0 amide bonds. The minimum atomic E-state index is -0.194. The molecule has 2 rings (SSSR count). The summed E-state index contributed by atoms with van der Waals surface area (Å²) >= 11 is 7.43. The van der Waals surface area contributed by atoms with Crippen LogP contribution in [0.1, 0.15) is 24.3 Å². The average molecular weight is 260 g/mol. The van der Waals surface area contributed by atoms with Gasteiger partial charge >= 0.3 is 0 Å². The largest absolute Gasteiger partial charge is 0.316 e. The summed E-state index contributed by atoms with van der Waals surface area (Å²) in [7, 11) is 0. The lowest BCUT2D eigenvalue weighted by Crippen LogP contribution is -2.28. The molecule has 1 heterocycles. The summed E-state index contributed by atoms with van der Waals surface area (Å²) in [6.07, 6.45) is 4.10. The second-order valence-corrected chi connectivity index (χ2v) is 5.28. The third-order valence-electron chi connectivity index (χ3n) is 2.99. The number of hydrogen-bond acceptors (Lipinski definition) is 2. The lowest BCUT2D eigenvalue weighted by Gasteiger charge is -2.23. The first-order valence-corrected chi connectivity index (χ1v) is 7.06.